The molecule has 0 radical (unpaired) electrons. The number of nitrogens with zero attached hydrogens (tertiary/aromatic N) is 2. The van der Waals surface area contributed by atoms with Gasteiger partial charge in [-0.15, -0.1) is 0 Å². The number of carbonyl (C=O) groups excluding carboxylic acids is 5. The van der Waals surface area contributed by atoms with Gasteiger partial charge in [-0.25, -0.2) is 4.79 Å². The number of unbranched alkanes of at least 4 members (excludes halogenated alkanes) is 5. The van der Waals surface area contributed by atoms with E-state index in [1.807, 2.05) is 0 Å². The summed E-state index contributed by atoms with van der Waals surface area (Å²) in [5, 5.41) is 17.1. The first-order valence-electron chi connectivity index (χ1n) is 12.1. The number of amides is 6. The van der Waals surface area contributed by atoms with Crippen LogP contribution in [0.15, 0.2) is 24.3 Å². The van der Waals surface area contributed by atoms with Crippen molar-refractivity contribution in [1.29, 1.82) is 0 Å². The molecule has 2 atom stereocenters. The second-order valence-electron chi connectivity index (χ2n) is 8.80. The summed E-state index contributed by atoms with van der Waals surface area (Å²) in [4.78, 5) is 64.8. The van der Waals surface area contributed by atoms with Gasteiger partial charge >= 0.3 is 17.8 Å². The highest BCUT2D eigenvalue weighted by Crippen LogP contribution is 2.19. The van der Waals surface area contributed by atoms with Crippen molar-refractivity contribution in [2.45, 2.75) is 57.5 Å². The zero-order valence-corrected chi connectivity index (χ0v) is 19.9. The van der Waals surface area contributed by atoms with Crippen molar-refractivity contribution in [2.24, 2.45) is 0 Å². The van der Waals surface area contributed by atoms with E-state index in [4.69, 9.17) is 0 Å². The van der Waals surface area contributed by atoms with Crippen molar-refractivity contribution in [3.63, 3.8) is 0 Å². The number of benzene rings is 1. The standard InChI is InChI=1S/C24H33N5O6/c1-2-3-4-5-6-7-12-28-13-14-29(23(34)22(28)33)24(35)27-19(16-8-10-17(30)11-9-16)21(32)26-18-15-25-20(18)31/h8-11,18-19,30H,2-7,12-15H2,1H3,(H,25,31)(H,26,32)(H,27,35). The van der Waals surface area contributed by atoms with Gasteiger partial charge in [0.1, 0.15) is 17.8 Å². The predicted octanol–water partition coefficient (Wildman–Crippen LogP) is 0.789. The minimum Gasteiger partial charge on any atom is -0.508 e. The Labute approximate surface area is 204 Å². The molecule has 4 N–H and O–H groups in total. The summed E-state index contributed by atoms with van der Waals surface area (Å²) in [5.74, 6) is -2.69. The SMILES string of the molecule is CCCCCCCCN1CCN(C(=O)NC(C(=O)NC2CNC2=O)c2ccc(O)cc2)C(=O)C1=O. The molecule has 0 saturated carbocycles. The fourth-order valence-electron chi connectivity index (χ4n) is 3.99. The summed E-state index contributed by atoms with van der Waals surface area (Å²) in [6.45, 7) is 3.13. The van der Waals surface area contributed by atoms with Crippen LogP contribution in [0.25, 0.3) is 0 Å². The minimum absolute atomic E-state index is 0.0151. The van der Waals surface area contributed by atoms with Gasteiger partial charge in [-0.05, 0) is 24.1 Å². The van der Waals surface area contributed by atoms with E-state index in [2.05, 4.69) is 22.9 Å². The van der Waals surface area contributed by atoms with Crippen molar-refractivity contribution >= 4 is 29.7 Å². The second kappa shape index (κ2) is 12.2. The predicted molar refractivity (Wildman–Crippen MR) is 126 cm³/mol. The van der Waals surface area contributed by atoms with Crippen LogP contribution in [0.3, 0.4) is 0 Å². The Morgan fingerprint density at radius 1 is 1.03 bits per heavy atom. The Hall–Kier alpha value is -3.63. The van der Waals surface area contributed by atoms with Crippen LogP contribution >= 0.6 is 0 Å². The van der Waals surface area contributed by atoms with Gasteiger partial charge in [-0.2, -0.15) is 0 Å². The Kier molecular flexibility index (Phi) is 9.04. The van der Waals surface area contributed by atoms with Gasteiger partial charge in [-0.1, -0.05) is 51.2 Å². The lowest BCUT2D eigenvalue weighted by molar-refractivity contribution is -0.153. The topological polar surface area (TPSA) is 148 Å². The summed E-state index contributed by atoms with van der Waals surface area (Å²) in [6, 6.07) is 2.78. The first-order chi connectivity index (χ1) is 16.8. The van der Waals surface area contributed by atoms with Crippen molar-refractivity contribution in [3.05, 3.63) is 29.8 Å². The largest absolute Gasteiger partial charge is 0.508 e. The lowest BCUT2D eigenvalue weighted by Crippen LogP contribution is -2.63. The maximum atomic E-state index is 12.9. The van der Waals surface area contributed by atoms with Gasteiger partial charge in [0.25, 0.3) is 0 Å². The summed E-state index contributed by atoms with van der Waals surface area (Å²) in [5.41, 5.74) is 0.342. The molecule has 2 aliphatic heterocycles. The maximum absolute atomic E-state index is 12.9. The maximum Gasteiger partial charge on any atom is 0.325 e. The molecule has 6 amide bonds. The number of β-lactam (4-membered cyclic amide) rings is 1. The molecule has 11 nitrogen and oxygen atoms in total. The van der Waals surface area contributed by atoms with E-state index < -0.39 is 35.8 Å². The number of phenolic OH excluding ortho intramolecular Hbond substituents is 1. The van der Waals surface area contributed by atoms with Crippen LogP contribution in [-0.4, -0.2) is 76.8 Å². The molecule has 1 aromatic rings. The first kappa shape index (κ1) is 26.0. The van der Waals surface area contributed by atoms with Gasteiger partial charge in [0, 0.05) is 26.2 Å². The highest BCUT2D eigenvalue weighted by Gasteiger charge is 2.38. The van der Waals surface area contributed by atoms with E-state index in [1.54, 1.807) is 0 Å². The zero-order valence-electron chi connectivity index (χ0n) is 19.9. The molecule has 11 heteroatoms. The highest BCUT2D eigenvalue weighted by atomic mass is 16.3. The molecular formula is C24H33N5O6. The van der Waals surface area contributed by atoms with Gasteiger partial charge < -0.3 is 26.0 Å². The second-order valence-corrected chi connectivity index (χ2v) is 8.80. The molecule has 0 aliphatic carbocycles. The van der Waals surface area contributed by atoms with Crippen LogP contribution in [-0.2, 0) is 19.2 Å². The molecular weight excluding hydrogens is 454 g/mol. The van der Waals surface area contributed by atoms with E-state index >= 15 is 0 Å². The average Bonchev–Trinajstić information content (AvgIpc) is 2.85. The van der Waals surface area contributed by atoms with E-state index in [-0.39, 0.29) is 31.3 Å². The van der Waals surface area contributed by atoms with E-state index in [9.17, 15) is 29.1 Å². The van der Waals surface area contributed by atoms with Crippen molar-refractivity contribution in [3.8, 4) is 5.75 Å². The van der Waals surface area contributed by atoms with Gasteiger partial charge in [-0.3, -0.25) is 24.1 Å². The van der Waals surface area contributed by atoms with E-state index in [1.165, 1.54) is 35.6 Å². The number of hydrogen-bond donors (Lipinski definition) is 4. The zero-order chi connectivity index (χ0) is 25.4. The van der Waals surface area contributed by atoms with Gasteiger partial charge in [0.05, 0.1) is 0 Å². The number of urea groups is 1. The van der Waals surface area contributed by atoms with Gasteiger partial charge in [0.2, 0.25) is 11.8 Å². The highest BCUT2D eigenvalue weighted by molar-refractivity contribution is 6.38. The monoisotopic (exact) mass is 487 g/mol. The lowest BCUT2D eigenvalue weighted by Gasteiger charge is -2.34. The number of aromatic hydroxyl groups is 1. The van der Waals surface area contributed by atoms with Crippen LogP contribution < -0.4 is 16.0 Å². The van der Waals surface area contributed by atoms with Gasteiger partial charge in [0.15, 0.2) is 0 Å². The minimum atomic E-state index is -1.24. The lowest BCUT2D eigenvalue weighted by atomic mass is 10.0. The third-order valence-electron chi connectivity index (χ3n) is 6.21. The molecule has 2 saturated heterocycles. The summed E-state index contributed by atoms with van der Waals surface area (Å²) >= 11 is 0. The number of carbonyl (C=O) groups is 5. The van der Waals surface area contributed by atoms with Crippen LogP contribution in [0.2, 0.25) is 0 Å². The number of hydrogen-bond acceptors (Lipinski definition) is 6. The summed E-state index contributed by atoms with van der Waals surface area (Å²) in [7, 11) is 0. The molecule has 190 valence electrons. The third kappa shape index (κ3) is 6.71. The van der Waals surface area contributed by atoms with Crippen LogP contribution in [0.1, 0.15) is 57.1 Å². The molecule has 0 spiro atoms. The number of rotatable bonds is 11. The summed E-state index contributed by atoms with van der Waals surface area (Å²) < 4.78 is 0. The van der Waals surface area contributed by atoms with Crippen LogP contribution in [0, 0.1) is 0 Å². The quantitative estimate of drug-likeness (QED) is 0.206. The normalized spacial score (nSPS) is 18.5. The molecule has 1 aromatic carbocycles. The van der Waals surface area contributed by atoms with E-state index in [0.717, 1.165) is 37.0 Å². The van der Waals surface area contributed by atoms with Crippen molar-refractivity contribution < 1.29 is 29.1 Å². The average molecular weight is 488 g/mol. The molecule has 35 heavy (non-hydrogen) atoms. The van der Waals surface area contributed by atoms with Crippen molar-refractivity contribution in [2.75, 3.05) is 26.2 Å². The Bertz CT molecular complexity index is 950. The molecule has 2 aliphatic rings. The number of nitrogens with one attached hydrogen (secondary N) is 3. The number of phenols is 1. The number of imide groups is 1. The fraction of sp³-hybridized carbons (Fsp3) is 0.542. The van der Waals surface area contributed by atoms with Crippen LogP contribution in [0.4, 0.5) is 4.79 Å². The molecule has 2 unspecified atom stereocenters. The summed E-state index contributed by atoms with van der Waals surface area (Å²) in [6.07, 6.45) is 6.35. The fourth-order valence-corrected chi connectivity index (χ4v) is 3.99. The third-order valence-corrected chi connectivity index (χ3v) is 6.21. The Morgan fingerprint density at radius 2 is 1.71 bits per heavy atom. The Balaban J connectivity index is 1.60. The van der Waals surface area contributed by atoms with Crippen molar-refractivity contribution in [1.82, 2.24) is 25.8 Å². The smallest absolute Gasteiger partial charge is 0.325 e. The number of piperazine rings is 1. The van der Waals surface area contributed by atoms with Crippen LogP contribution in [0.5, 0.6) is 5.75 Å². The molecule has 2 heterocycles. The molecule has 0 aromatic heterocycles. The first-order valence-corrected chi connectivity index (χ1v) is 12.1. The molecule has 0 bridgehead atoms. The Morgan fingerprint density at radius 3 is 2.34 bits per heavy atom. The molecule has 2 fully saturated rings. The molecule has 3 rings (SSSR count). The van der Waals surface area contributed by atoms with E-state index in [0.29, 0.717) is 12.1 Å².